The van der Waals surface area contributed by atoms with Crippen molar-refractivity contribution >= 4 is 11.6 Å². The number of amides is 1. The van der Waals surface area contributed by atoms with Crippen LogP contribution < -0.4 is 4.90 Å². The second-order valence-corrected chi connectivity index (χ2v) is 11.9. The summed E-state index contributed by atoms with van der Waals surface area (Å²) < 4.78 is 48.2. The van der Waals surface area contributed by atoms with Gasteiger partial charge in [0.05, 0.1) is 11.5 Å². The molecule has 0 aromatic heterocycles. The van der Waals surface area contributed by atoms with E-state index in [1.54, 1.807) is 12.1 Å². The summed E-state index contributed by atoms with van der Waals surface area (Å²) in [5, 5.41) is 0. The summed E-state index contributed by atoms with van der Waals surface area (Å²) in [5.41, 5.74) is 1.09. The van der Waals surface area contributed by atoms with Crippen molar-refractivity contribution in [2.75, 3.05) is 37.7 Å². The fraction of sp³-hybridized carbons (Fsp3) is 0.567. The number of hydrogen-bond donors (Lipinski definition) is 0. The largest absolute Gasteiger partial charge is 0.375 e. The van der Waals surface area contributed by atoms with Crippen molar-refractivity contribution in [1.29, 1.82) is 0 Å². The lowest BCUT2D eigenvalue weighted by atomic mass is 9.87. The van der Waals surface area contributed by atoms with Crippen LogP contribution in [0.4, 0.5) is 18.9 Å². The number of likely N-dealkylation sites (tertiary alicyclic amines) is 1. The highest BCUT2D eigenvalue weighted by molar-refractivity contribution is 5.81. The quantitative estimate of drug-likeness (QED) is 0.546. The lowest BCUT2D eigenvalue weighted by Gasteiger charge is -2.46. The van der Waals surface area contributed by atoms with E-state index in [0.29, 0.717) is 38.3 Å². The van der Waals surface area contributed by atoms with Crippen LogP contribution in [0, 0.1) is 23.4 Å². The van der Waals surface area contributed by atoms with Crippen molar-refractivity contribution in [2.24, 2.45) is 5.92 Å². The van der Waals surface area contributed by atoms with Gasteiger partial charge in [-0.15, -0.1) is 0 Å². The molecule has 5 rings (SSSR count). The fourth-order valence-corrected chi connectivity index (χ4v) is 6.87. The van der Waals surface area contributed by atoms with Crippen LogP contribution >= 0.6 is 0 Å². The van der Waals surface area contributed by atoms with Crippen molar-refractivity contribution < 1.29 is 22.7 Å². The van der Waals surface area contributed by atoms with E-state index in [2.05, 4.69) is 37.5 Å². The van der Waals surface area contributed by atoms with Crippen LogP contribution in [0.15, 0.2) is 42.5 Å². The first-order chi connectivity index (χ1) is 18.0. The lowest BCUT2D eigenvalue weighted by molar-refractivity contribution is -0.137. The number of carbonyl (C=O) groups excluding carboxylic acids is 1. The minimum absolute atomic E-state index is 0.0185. The van der Waals surface area contributed by atoms with Gasteiger partial charge in [-0.05, 0) is 76.4 Å². The summed E-state index contributed by atoms with van der Waals surface area (Å²) in [4.78, 5) is 20.6. The molecule has 3 aliphatic rings. The molecule has 3 fully saturated rings. The Hall–Kier alpha value is -2.58. The van der Waals surface area contributed by atoms with E-state index in [9.17, 15) is 13.6 Å². The Labute approximate surface area is 223 Å². The zero-order valence-electron chi connectivity index (χ0n) is 22.7. The van der Waals surface area contributed by atoms with Crippen molar-refractivity contribution in [3.05, 3.63) is 65.5 Å². The molecule has 3 saturated heterocycles. The first-order valence-corrected chi connectivity index (χ1v) is 13.7. The Morgan fingerprint density at radius 3 is 2.21 bits per heavy atom. The molecule has 0 radical (unpaired) electrons. The van der Waals surface area contributed by atoms with Crippen LogP contribution in [0.3, 0.4) is 0 Å². The molecule has 5 atom stereocenters. The smallest absolute Gasteiger partial charge is 0.227 e. The standard InChI is InChI=1S/C30H38F3N3O2/c1-19-15-35(16-20(2)36(19)23-8-5-21(31)6-9-23)29(37)27-18-34(24-11-12-38-30(3,4)14-24)17-26(27)25-10-7-22(32)13-28(25)33/h5-10,13,19-20,24,26-27H,11-12,14-18H2,1-4H3/t19-,20+,24?,26?,27?. The summed E-state index contributed by atoms with van der Waals surface area (Å²) in [6, 6.07) is 10.5. The van der Waals surface area contributed by atoms with Crippen LogP contribution in [0.25, 0.3) is 0 Å². The van der Waals surface area contributed by atoms with E-state index in [4.69, 9.17) is 4.74 Å². The van der Waals surface area contributed by atoms with Gasteiger partial charge in [0.25, 0.3) is 0 Å². The highest BCUT2D eigenvalue weighted by Crippen LogP contribution is 2.40. The van der Waals surface area contributed by atoms with Crippen molar-refractivity contribution in [2.45, 2.75) is 70.2 Å². The van der Waals surface area contributed by atoms with Gasteiger partial charge < -0.3 is 14.5 Å². The maximum Gasteiger partial charge on any atom is 0.227 e. The van der Waals surface area contributed by atoms with Crippen LogP contribution in [0.1, 0.15) is 52.0 Å². The van der Waals surface area contributed by atoms with Gasteiger partial charge in [-0.25, -0.2) is 13.2 Å². The molecule has 3 aliphatic heterocycles. The zero-order valence-corrected chi connectivity index (χ0v) is 22.7. The minimum atomic E-state index is -0.616. The Morgan fingerprint density at radius 1 is 0.921 bits per heavy atom. The van der Waals surface area contributed by atoms with Gasteiger partial charge in [0, 0.05) is 68.6 Å². The molecular weight excluding hydrogens is 491 g/mol. The van der Waals surface area contributed by atoms with E-state index in [0.717, 1.165) is 24.6 Å². The predicted octanol–water partition coefficient (Wildman–Crippen LogP) is 5.20. The predicted molar refractivity (Wildman–Crippen MR) is 142 cm³/mol. The van der Waals surface area contributed by atoms with Gasteiger partial charge in [0.2, 0.25) is 5.91 Å². The molecule has 38 heavy (non-hydrogen) atoms. The van der Waals surface area contributed by atoms with E-state index >= 15 is 4.39 Å². The number of rotatable bonds is 4. The summed E-state index contributed by atoms with van der Waals surface area (Å²) >= 11 is 0. The second kappa shape index (κ2) is 10.5. The minimum Gasteiger partial charge on any atom is -0.375 e. The Morgan fingerprint density at radius 2 is 1.58 bits per heavy atom. The topological polar surface area (TPSA) is 36.0 Å². The summed E-state index contributed by atoms with van der Waals surface area (Å²) in [5.74, 6) is -2.24. The highest BCUT2D eigenvalue weighted by atomic mass is 19.1. The molecule has 3 unspecified atom stereocenters. The maximum absolute atomic E-state index is 15.0. The van der Waals surface area contributed by atoms with Crippen LogP contribution in [-0.4, -0.2) is 72.2 Å². The highest BCUT2D eigenvalue weighted by Gasteiger charge is 2.46. The molecule has 2 aromatic rings. The molecule has 2 aromatic carbocycles. The van der Waals surface area contributed by atoms with Gasteiger partial charge in [0.1, 0.15) is 17.5 Å². The zero-order chi connectivity index (χ0) is 27.2. The SMILES string of the molecule is C[C@@H]1CN(C(=O)C2CN(C3CCOC(C)(C)C3)CC2c2ccc(F)cc2F)C[C@H](C)N1c1ccc(F)cc1. The number of anilines is 1. The molecule has 1 amide bonds. The van der Waals surface area contributed by atoms with Crippen LogP contribution in [0.2, 0.25) is 0 Å². The summed E-state index contributed by atoms with van der Waals surface area (Å²) in [7, 11) is 0. The number of halogens is 3. The normalized spacial score (nSPS) is 30.0. The van der Waals surface area contributed by atoms with E-state index < -0.39 is 17.6 Å². The maximum atomic E-state index is 15.0. The molecule has 8 heteroatoms. The number of hydrogen-bond acceptors (Lipinski definition) is 4. The van der Waals surface area contributed by atoms with Gasteiger partial charge in [0.15, 0.2) is 0 Å². The summed E-state index contributed by atoms with van der Waals surface area (Å²) in [6.07, 6.45) is 1.71. The monoisotopic (exact) mass is 529 g/mol. The molecule has 206 valence electrons. The summed E-state index contributed by atoms with van der Waals surface area (Å²) in [6.45, 7) is 11.1. The third-order valence-corrected chi connectivity index (χ3v) is 8.57. The third kappa shape index (κ3) is 5.43. The number of nitrogens with zero attached hydrogens (tertiary/aromatic N) is 3. The van der Waals surface area contributed by atoms with Gasteiger partial charge in [-0.3, -0.25) is 9.69 Å². The number of piperazine rings is 1. The molecule has 0 spiro atoms. The Bertz CT molecular complexity index is 1150. The molecule has 3 heterocycles. The van der Waals surface area contributed by atoms with Crippen LogP contribution in [-0.2, 0) is 9.53 Å². The Balaban J connectivity index is 1.38. The second-order valence-electron chi connectivity index (χ2n) is 11.9. The van der Waals surface area contributed by atoms with Crippen molar-refractivity contribution in [3.8, 4) is 0 Å². The Kier molecular flexibility index (Phi) is 7.48. The van der Waals surface area contributed by atoms with Crippen molar-refractivity contribution in [3.63, 3.8) is 0 Å². The molecule has 5 nitrogen and oxygen atoms in total. The number of ether oxygens (including phenoxy) is 1. The van der Waals surface area contributed by atoms with Crippen LogP contribution in [0.5, 0.6) is 0 Å². The molecule has 0 bridgehead atoms. The molecule has 0 aliphatic carbocycles. The molecule has 0 saturated carbocycles. The first kappa shape index (κ1) is 27.0. The fourth-order valence-electron chi connectivity index (χ4n) is 6.87. The van der Waals surface area contributed by atoms with Crippen molar-refractivity contribution in [1.82, 2.24) is 9.80 Å². The van der Waals surface area contributed by atoms with E-state index in [-0.39, 0.29) is 41.4 Å². The molecular formula is C30H38F3N3O2. The molecule has 0 N–H and O–H groups in total. The van der Waals surface area contributed by atoms with Gasteiger partial charge in [-0.2, -0.15) is 0 Å². The average Bonchev–Trinajstić information content (AvgIpc) is 3.29. The van der Waals surface area contributed by atoms with E-state index in [1.807, 2.05) is 4.90 Å². The average molecular weight is 530 g/mol. The van der Waals surface area contributed by atoms with Gasteiger partial charge in [-0.1, -0.05) is 6.07 Å². The third-order valence-electron chi connectivity index (χ3n) is 8.57. The number of benzene rings is 2. The lowest BCUT2D eigenvalue weighted by Crippen LogP contribution is -2.59. The first-order valence-electron chi connectivity index (χ1n) is 13.7. The number of carbonyl (C=O) groups is 1. The van der Waals surface area contributed by atoms with Gasteiger partial charge >= 0.3 is 0 Å². The van der Waals surface area contributed by atoms with E-state index in [1.165, 1.54) is 24.3 Å².